The minimum absolute atomic E-state index is 0.0918. The van der Waals surface area contributed by atoms with Crippen molar-refractivity contribution in [1.29, 1.82) is 0 Å². The highest BCUT2D eigenvalue weighted by Gasteiger charge is 2.19. The fraction of sp³-hybridized carbons (Fsp3) is 0.462. The van der Waals surface area contributed by atoms with Crippen LogP contribution in [0.1, 0.15) is 24.2 Å². The van der Waals surface area contributed by atoms with Gasteiger partial charge in [0.1, 0.15) is 0 Å². The first kappa shape index (κ1) is 18.4. The number of nitrogens with zero attached hydrogens (tertiary/aromatic N) is 1. The SMILES string of the molecule is CC(C)OCCN(C)C(=O)c1ccc(Br)c(S(=O)(=O)Cl)c1. The molecule has 0 saturated heterocycles. The highest BCUT2D eigenvalue weighted by atomic mass is 79.9. The van der Waals surface area contributed by atoms with Crippen LogP contribution in [0, 0.1) is 0 Å². The van der Waals surface area contributed by atoms with E-state index in [2.05, 4.69) is 15.9 Å². The molecule has 5 nitrogen and oxygen atoms in total. The number of amides is 1. The third-order valence-electron chi connectivity index (χ3n) is 2.67. The van der Waals surface area contributed by atoms with Gasteiger partial charge in [0.15, 0.2) is 0 Å². The van der Waals surface area contributed by atoms with Crippen LogP contribution in [0.3, 0.4) is 0 Å². The van der Waals surface area contributed by atoms with E-state index in [0.717, 1.165) is 0 Å². The lowest BCUT2D eigenvalue weighted by molar-refractivity contribution is 0.0532. The van der Waals surface area contributed by atoms with E-state index < -0.39 is 9.05 Å². The highest BCUT2D eigenvalue weighted by molar-refractivity contribution is 9.10. The monoisotopic (exact) mass is 397 g/mol. The van der Waals surface area contributed by atoms with Crippen LogP contribution in [0.25, 0.3) is 0 Å². The van der Waals surface area contributed by atoms with Crippen molar-refractivity contribution < 1.29 is 17.9 Å². The van der Waals surface area contributed by atoms with Gasteiger partial charge in [0, 0.05) is 34.3 Å². The van der Waals surface area contributed by atoms with Crippen LogP contribution in [-0.4, -0.2) is 45.5 Å². The summed E-state index contributed by atoms with van der Waals surface area (Å²) in [5.74, 6) is -0.295. The third kappa shape index (κ3) is 5.58. The molecule has 1 aromatic carbocycles. The second-order valence-electron chi connectivity index (χ2n) is 4.73. The topological polar surface area (TPSA) is 63.7 Å². The van der Waals surface area contributed by atoms with E-state index >= 15 is 0 Å². The van der Waals surface area contributed by atoms with Gasteiger partial charge in [0.2, 0.25) is 0 Å². The van der Waals surface area contributed by atoms with Crippen LogP contribution in [0.15, 0.2) is 27.6 Å². The molecule has 0 fully saturated rings. The van der Waals surface area contributed by atoms with Crippen molar-refractivity contribution in [3.05, 3.63) is 28.2 Å². The Bertz CT molecular complexity index is 619. The summed E-state index contributed by atoms with van der Waals surface area (Å²) in [4.78, 5) is 13.6. The van der Waals surface area contributed by atoms with Crippen molar-refractivity contribution in [2.75, 3.05) is 20.2 Å². The molecule has 1 aromatic rings. The molecular weight excluding hydrogens is 382 g/mol. The van der Waals surface area contributed by atoms with Gasteiger partial charge < -0.3 is 9.64 Å². The van der Waals surface area contributed by atoms with Gasteiger partial charge in [-0.05, 0) is 48.0 Å². The Morgan fingerprint density at radius 3 is 2.57 bits per heavy atom. The average Bonchev–Trinajstić information content (AvgIpc) is 2.36. The minimum Gasteiger partial charge on any atom is -0.377 e. The summed E-state index contributed by atoms with van der Waals surface area (Å²) in [6.07, 6.45) is 0.0918. The predicted octanol–water partition coefficient (Wildman–Crippen LogP) is 2.87. The Hall–Kier alpha value is -0.630. The number of likely N-dealkylation sites (N-methyl/N-ethyl adjacent to an activating group) is 1. The smallest absolute Gasteiger partial charge is 0.262 e. The number of carbonyl (C=O) groups excluding carboxylic acids is 1. The van der Waals surface area contributed by atoms with Crippen molar-refractivity contribution in [3.8, 4) is 0 Å². The molecule has 1 amide bonds. The number of ether oxygens (including phenoxy) is 1. The van der Waals surface area contributed by atoms with Crippen LogP contribution in [-0.2, 0) is 13.8 Å². The number of halogens is 2. The summed E-state index contributed by atoms with van der Waals surface area (Å²) >= 11 is 3.10. The fourth-order valence-corrected chi connectivity index (χ4v) is 3.69. The number of carbonyl (C=O) groups is 1. The standard InChI is InChI=1S/C13H17BrClNO4S/c1-9(2)20-7-6-16(3)13(17)10-4-5-11(14)12(8-10)21(15,18)19/h4-5,8-9H,6-7H2,1-3H3. The lowest BCUT2D eigenvalue weighted by atomic mass is 10.2. The molecule has 0 aromatic heterocycles. The Morgan fingerprint density at radius 1 is 1.43 bits per heavy atom. The van der Waals surface area contributed by atoms with E-state index in [1.807, 2.05) is 13.8 Å². The van der Waals surface area contributed by atoms with Crippen LogP contribution in [0.5, 0.6) is 0 Å². The number of hydrogen-bond donors (Lipinski definition) is 0. The quantitative estimate of drug-likeness (QED) is 0.691. The van der Waals surface area contributed by atoms with Gasteiger partial charge in [-0.1, -0.05) is 0 Å². The molecule has 0 atom stereocenters. The Balaban J connectivity index is 2.88. The van der Waals surface area contributed by atoms with Crippen LogP contribution >= 0.6 is 26.6 Å². The molecule has 0 N–H and O–H groups in total. The van der Waals surface area contributed by atoms with Crippen LogP contribution in [0.4, 0.5) is 0 Å². The molecular formula is C13H17BrClNO4S. The summed E-state index contributed by atoms with van der Waals surface area (Å²) in [5.41, 5.74) is 0.254. The maximum Gasteiger partial charge on any atom is 0.262 e. The second-order valence-corrected chi connectivity index (χ2v) is 8.12. The third-order valence-corrected chi connectivity index (χ3v) is 4.98. The summed E-state index contributed by atoms with van der Waals surface area (Å²) in [6, 6.07) is 4.29. The first-order valence-electron chi connectivity index (χ1n) is 6.24. The number of rotatable bonds is 6. The molecule has 0 aliphatic rings. The molecule has 0 spiro atoms. The normalized spacial score (nSPS) is 11.7. The molecule has 21 heavy (non-hydrogen) atoms. The molecule has 0 unspecified atom stereocenters. The molecule has 0 radical (unpaired) electrons. The van der Waals surface area contributed by atoms with Gasteiger partial charge in [-0.2, -0.15) is 0 Å². The maximum absolute atomic E-state index is 12.2. The van der Waals surface area contributed by atoms with Gasteiger partial charge in [0.05, 0.1) is 17.6 Å². The molecule has 118 valence electrons. The fourth-order valence-electron chi connectivity index (χ4n) is 1.57. The number of hydrogen-bond acceptors (Lipinski definition) is 4. The van der Waals surface area contributed by atoms with Crippen molar-refractivity contribution in [1.82, 2.24) is 4.90 Å². The zero-order valence-corrected chi connectivity index (χ0v) is 15.1. The zero-order valence-electron chi connectivity index (χ0n) is 12.0. The van der Waals surface area contributed by atoms with E-state index in [1.54, 1.807) is 7.05 Å². The lowest BCUT2D eigenvalue weighted by Gasteiger charge is -2.18. The molecule has 0 bridgehead atoms. The van der Waals surface area contributed by atoms with E-state index in [9.17, 15) is 13.2 Å². The molecule has 8 heteroatoms. The van der Waals surface area contributed by atoms with Gasteiger partial charge in [-0.25, -0.2) is 8.42 Å². The van der Waals surface area contributed by atoms with Gasteiger partial charge in [-0.3, -0.25) is 4.79 Å². The van der Waals surface area contributed by atoms with E-state index in [1.165, 1.54) is 23.1 Å². The summed E-state index contributed by atoms with van der Waals surface area (Å²) in [7, 11) is 3.05. The zero-order chi connectivity index (χ0) is 16.2. The van der Waals surface area contributed by atoms with Gasteiger partial charge in [-0.15, -0.1) is 0 Å². The van der Waals surface area contributed by atoms with E-state index in [-0.39, 0.29) is 22.5 Å². The summed E-state index contributed by atoms with van der Waals surface area (Å²) in [6.45, 7) is 4.65. The van der Waals surface area contributed by atoms with E-state index in [0.29, 0.717) is 17.6 Å². The van der Waals surface area contributed by atoms with Crippen LogP contribution in [0.2, 0.25) is 0 Å². The first-order chi connectivity index (χ1) is 9.62. The summed E-state index contributed by atoms with van der Waals surface area (Å²) < 4.78 is 28.6. The molecule has 0 heterocycles. The molecule has 1 rings (SSSR count). The Labute approximate surface area is 137 Å². The van der Waals surface area contributed by atoms with Crippen molar-refractivity contribution >= 4 is 41.6 Å². The van der Waals surface area contributed by atoms with E-state index in [4.69, 9.17) is 15.4 Å². The van der Waals surface area contributed by atoms with Gasteiger partial charge in [0.25, 0.3) is 15.0 Å². The average molecular weight is 399 g/mol. The van der Waals surface area contributed by atoms with Crippen molar-refractivity contribution in [3.63, 3.8) is 0 Å². The molecule has 0 saturated carbocycles. The Morgan fingerprint density at radius 2 is 2.05 bits per heavy atom. The van der Waals surface area contributed by atoms with Crippen molar-refractivity contribution in [2.24, 2.45) is 0 Å². The molecule has 0 aliphatic carbocycles. The van der Waals surface area contributed by atoms with Crippen molar-refractivity contribution in [2.45, 2.75) is 24.8 Å². The van der Waals surface area contributed by atoms with Crippen LogP contribution < -0.4 is 0 Å². The Kier molecular flexibility index (Phi) is 6.65. The summed E-state index contributed by atoms with van der Waals surface area (Å²) in [5, 5.41) is 0. The first-order valence-corrected chi connectivity index (χ1v) is 9.34. The predicted molar refractivity (Wildman–Crippen MR) is 85.2 cm³/mol. The number of benzene rings is 1. The lowest BCUT2D eigenvalue weighted by Crippen LogP contribution is -2.30. The largest absolute Gasteiger partial charge is 0.377 e. The highest BCUT2D eigenvalue weighted by Crippen LogP contribution is 2.26. The van der Waals surface area contributed by atoms with Gasteiger partial charge >= 0.3 is 0 Å². The minimum atomic E-state index is -3.91. The maximum atomic E-state index is 12.2. The molecule has 0 aliphatic heterocycles. The second kappa shape index (κ2) is 7.58.